The highest BCUT2D eigenvalue weighted by Crippen LogP contribution is 2.42. The molecular formula is C17H25NS. The number of anilines is 1. The summed E-state index contributed by atoms with van der Waals surface area (Å²) in [6.07, 6.45) is 6.75. The van der Waals surface area contributed by atoms with Gasteiger partial charge in [-0.15, -0.1) is 0 Å². The predicted molar refractivity (Wildman–Crippen MR) is 86.3 cm³/mol. The van der Waals surface area contributed by atoms with Crippen molar-refractivity contribution in [1.29, 1.82) is 0 Å². The Morgan fingerprint density at radius 2 is 2.00 bits per heavy atom. The Kier molecular flexibility index (Phi) is 3.79. The standard InChI is InChI=1S/C17H25NS/c1-14-10-15-6-2-3-7-16(15)18(11-14)12-17(13-19)8-4-5-9-17/h2-3,6-7,14,19H,4-5,8-13H2,1H3. The summed E-state index contributed by atoms with van der Waals surface area (Å²) in [5.74, 6) is 1.81. The van der Waals surface area contributed by atoms with Crippen molar-refractivity contribution in [3.8, 4) is 0 Å². The molecule has 1 unspecified atom stereocenters. The van der Waals surface area contributed by atoms with E-state index in [2.05, 4.69) is 48.7 Å². The maximum atomic E-state index is 4.67. The molecule has 0 saturated heterocycles. The highest BCUT2D eigenvalue weighted by atomic mass is 32.1. The Morgan fingerprint density at radius 1 is 1.26 bits per heavy atom. The van der Waals surface area contributed by atoms with Gasteiger partial charge in [0.25, 0.3) is 0 Å². The summed E-state index contributed by atoms with van der Waals surface area (Å²) >= 11 is 4.67. The van der Waals surface area contributed by atoms with Crippen LogP contribution in [0.2, 0.25) is 0 Å². The van der Waals surface area contributed by atoms with Crippen molar-refractivity contribution in [2.24, 2.45) is 11.3 Å². The fourth-order valence-electron chi connectivity index (χ4n) is 3.95. The summed E-state index contributed by atoms with van der Waals surface area (Å²) in [5.41, 5.74) is 3.48. The van der Waals surface area contributed by atoms with Gasteiger partial charge in [-0.3, -0.25) is 0 Å². The number of rotatable bonds is 3. The minimum atomic E-state index is 0.466. The van der Waals surface area contributed by atoms with Crippen molar-refractivity contribution in [1.82, 2.24) is 0 Å². The molecule has 104 valence electrons. The first-order chi connectivity index (χ1) is 9.22. The lowest BCUT2D eigenvalue weighted by Gasteiger charge is -2.41. The molecule has 1 aromatic rings. The van der Waals surface area contributed by atoms with Gasteiger partial charge in [0.1, 0.15) is 0 Å². The average molecular weight is 275 g/mol. The van der Waals surface area contributed by atoms with E-state index in [9.17, 15) is 0 Å². The van der Waals surface area contributed by atoms with Gasteiger partial charge in [-0.2, -0.15) is 12.6 Å². The Hall–Kier alpha value is -0.630. The normalized spacial score (nSPS) is 25.4. The van der Waals surface area contributed by atoms with Gasteiger partial charge >= 0.3 is 0 Å². The number of para-hydroxylation sites is 1. The van der Waals surface area contributed by atoms with E-state index in [-0.39, 0.29) is 0 Å². The van der Waals surface area contributed by atoms with Gasteiger partial charge in [-0.25, -0.2) is 0 Å². The number of thiol groups is 1. The van der Waals surface area contributed by atoms with Crippen LogP contribution in [0.5, 0.6) is 0 Å². The third-order valence-corrected chi connectivity index (χ3v) is 5.63. The monoisotopic (exact) mass is 275 g/mol. The second-order valence-electron chi connectivity index (χ2n) is 6.68. The number of fused-ring (bicyclic) bond motifs is 1. The van der Waals surface area contributed by atoms with Crippen LogP contribution in [0.1, 0.15) is 38.2 Å². The Balaban J connectivity index is 1.84. The molecule has 0 bridgehead atoms. The van der Waals surface area contributed by atoms with Crippen LogP contribution in [-0.2, 0) is 6.42 Å². The molecule has 19 heavy (non-hydrogen) atoms. The first-order valence-electron chi connectivity index (χ1n) is 7.66. The average Bonchev–Trinajstić information content (AvgIpc) is 2.88. The highest BCUT2D eigenvalue weighted by Gasteiger charge is 2.36. The zero-order chi connectivity index (χ0) is 13.3. The van der Waals surface area contributed by atoms with Crippen molar-refractivity contribution in [2.45, 2.75) is 39.0 Å². The third-order valence-electron chi connectivity index (χ3n) is 4.96. The van der Waals surface area contributed by atoms with Crippen LogP contribution in [0.25, 0.3) is 0 Å². The third kappa shape index (κ3) is 2.65. The fourth-order valence-corrected chi connectivity index (χ4v) is 4.37. The Morgan fingerprint density at radius 3 is 2.74 bits per heavy atom. The molecule has 1 aliphatic carbocycles. The topological polar surface area (TPSA) is 3.24 Å². The van der Waals surface area contributed by atoms with E-state index < -0.39 is 0 Å². The van der Waals surface area contributed by atoms with Crippen LogP contribution in [0.15, 0.2) is 24.3 Å². The van der Waals surface area contributed by atoms with E-state index in [1.54, 1.807) is 0 Å². The van der Waals surface area contributed by atoms with Gasteiger partial charge in [0.05, 0.1) is 0 Å². The molecule has 2 aliphatic rings. The van der Waals surface area contributed by atoms with Gasteiger partial charge < -0.3 is 4.90 Å². The predicted octanol–water partition coefficient (Wildman–Crippen LogP) is 4.18. The first kappa shape index (κ1) is 13.4. The van der Waals surface area contributed by atoms with Crippen LogP contribution >= 0.6 is 12.6 Å². The van der Waals surface area contributed by atoms with E-state index in [1.807, 2.05) is 0 Å². The molecular weight excluding hydrogens is 250 g/mol. The Bertz CT molecular complexity index is 437. The van der Waals surface area contributed by atoms with Crippen molar-refractivity contribution in [3.05, 3.63) is 29.8 Å². The molecule has 1 aromatic carbocycles. The lowest BCUT2D eigenvalue weighted by molar-refractivity contribution is 0.336. The number of benzene rings is 1. The quantitative estimate of drug-likeness (QED) is 0.810. The fraction of sp³-hybridized carbons (Fsp3) is 0.647. The van der Waals surface area contributed by atoms with Crippen LogP contribution in [0.3, 0.4) is 0 Å². The highest BCUT2D eigenvalue weighted by molar-refractivity contribution is 7.80. The summed E-state index contributed by atoms with van der Waals surface area (Å²) in [7, 11) is 0. The first-order valence-corrected chi connectivity index (χ1v) is 8.29. The van der Waals surface area contributed by atoms with Gasteiger partial charge in [0.15, 0.2) is 0 Å². The maximum absolute atomic E-state index is 4.67. The summed E-state index contributed by atoms with van der Waals surface area (Å²) in [6, 6.07) is 8.98. The molecule has 1 fully saturated rings. The van der Waals surface area contributed by atoms with E-state index >= 15 is 0 Å². The molecule has 1 atom stereocenters. The lowest BCUT2D eigenvalue weighted by Crippen LogP contribution is -2.42. The molecule has 0 radical (unpaired) electrons. The maximum Gasteiger partial charge on any atom is 0.0399 e. The molecule has 0 aromatic heterocycles. The molecule has 2 heteroatoms. The second-order valence-corrected chi connectivity index (χ2v) is 7.00. The molecule has 1 aliphatic heterocycles. The van der Waals surface area contributed by atoms with Crippen molar-refractivity contribution >= 4 is 18.3 Å². The lowest BCUT2D eigenvalue weighted by atomic mass is 9.85. The van der Waals surface area contributed by atoms with Gasteiger partial charge in [-0.1, -0.05) is 38.0 Å². The van der Waals surface area contributed by atoms with Gasteiger partial charge in [0.2, 0.25) is 0 Å². The minimum Gasteiger partial charge on any atom is -0.370 e. The van der Waals surface area contributed by atoms with E-state index in [0.29, 0.717) is 5.41 Å². The van der Waals surface area contributed by atoms with Gasteiger partial charge in [-0.05, 0) is 48.0 Å². The van der Waals surface area contributed by atoms with Crippen LogP contribution in [0.4, 0.5) is 5.69 Å². The Labute approximate surface area is 122 Å². The second kappa shape index (κ2) is 5.40. The SMILES string of the molecule is CC1Cc2ccccc2N(CC2(CS)CCCC2)C1. The van der Waals surface area contributed by atoms with Crippen molar-refractivity contribution < 1.29 is 0 Å². The van der Waals surface area contributed by atoms with Crippen LogP contribution < -0.4 is 4.90 Å². The number of hydrogen-bond donors (Lipinski definition) is 1. The number of hydrogen-bond acceptors (Lipinski definition) is 2. The molecule has 0 spiro atoms. The molecule has 3 rings (SSSR count). The summed E-state index contributed by atoms with van der Waals surface area (Å²) in [6.45, 7) is 4.80. The van der Waals surface area contributed by atoms with Crippen molar-refractivity contribution in [3.63, 3.8) is 0 Å². The number of nitrogens with zero attached hydrogens (tertiary/aromatic N) is 1. The molecule has 1 nitrogen and oxygen atoms in total. The van der Waals surface area contributed by atoms with Crippen LogP contribution in [0, 0.1) is 11.3 Å². The van der Waals surface area contributed by atoms with Crippen molar-refractivity contribution in [2.75, 3.05) is 23.7 Å². The molecule has 0 amide bonds. The molecule has 1 heterocycles. The summed E-state index contributed by atoms with van der Waals surface area (Å²) in [5, 5.41) is 0. The zero-order valence-electron chi connectivity index (χ0n) is 11.9. The summed E-state index contributed by atoms with van der Waals surface area (Å²) < 4.78 is 0. The smallest absolute Gasteiger partial charge is 0.0399 e. The van der Waals surface area contributed by atoms with Gasteiger partial charge in [0, 0.05) is 18.8 Å². The summed E-state index contributed by atoms with van der Waals surface area (Å²) in [4.78, 5) is 2.64. The minimum absolute atomic E-state index is 0.466. The molecule has 0 N–H and O–H groups in total. The largest absolute Gasteiger partial charge is 0.370 e. The van der Waals surface area contributed by atoms with E-state index in [1.165, 1.54) is 56.4 Å². The molecule has 1 saturated carbocycles. The zero-order valence-corrected chi connectivity index (χ0v) is 12.8. The van der Waals surface area contributed by atoms with E-state index in [4.69, 9.17) is 0 Å². The van der Waals surface area contributed by atoms with Crippen LogP contribution in [-0.4, -0.2) is 18.8 Å². The van der Waals surface area contributed by atoms with E-state index in [0.717, 1.165) is 11.7 Å².